The molecule has 24 heavy (non-hydrogen) atoms. The number of aryl methyl sites for hydroxylation is 1. The molecule has 0 aliphatic heterocycles. The molecule has 6 nitrogen and oxygen atoms in total. The van der Waals surface area contributed by atoms with Crippen LogP contribution in [0.25, 0.3) is 11.5 Å². The van der Waals surface area contributed by atoms with Crippen molar-refractivity contribution in [1.82, 2.24) is 4.98 Å². The van der Waals surface area contributed by atoms with E-state index < -0.39 is 4.92 Å². The maximum atomic E-state index is 10.7. The van der Waals surface area contributed by atoms with Crippen LogP contribution >= 0.6 is 11.6 Å². The number of aromatic nitrogens is 1. The molecule has 3 aromatic rings. The molecule has 0 spiro atoms. The third-order valence-corrected chi connectivity index (χ3v) is 3.70. The zero-order chi connectivity index (χ0) is 17.1. The van der Waals surface area contributed by atoms with E-state index in [0.717, 1.165) is 5.56 Å². The lowest BCUT2D eigenvalue weighted by Crippen LogP contribution is -1.98. The molecule has 0 saturated heterocycles. The number of benzene rings is 2. The third-order valence-electron chi connectivity index (χ3n) is 3.40. The van der Waals surface area contributed by atoms with Gasteiger partial charge in [0.2, 0.25) is 5.89 Å². The van der Waals surface area contributed by atoms with Crippen LogP contribution in [0.2, 0.25) is 5.02 Å². The highest BCUT2D eigenvalue weighted by atomic mass is 35.5. The van der Waals surface area contributed by atoms with Crippen molar-refractivity contribution >= 4 is 17.3 Å². The van der Waals surface area contributed by atoms with Gasteiger partial charge in [-0.2, -0.15) is 0 Å². The summed E-state index contributed by atoms with van der Waals surface area (Å²) in [5.41, 5.74) is 1.43. The highest BCUT2D eigenvalue weighted by Crippen LogP contribution is 2.30. The van der Waals surface area contributed by atoms with Crippen LogP contribution in [-0.4, -0.2) is 9.91 Å². The molecule has 3 rings (SSSR count). The van der Waals surface area contributed by atoms with Gasteiger partial charge in [0.25, 0.3) is 5.69 Å². The maximum absolute atomic E-state index is 10.7. The topological polar surface area (TPSA) is 78.4 Å². The molecule has 7 heteroatoms. The first-order valence-corrected chi connectivity index (χ1v) is 7.51. The van der Waals surface area contributed by atoms with Crippen LogP contribution in [0.15, 0.2) is 52.9 Å². The normalized spacial score (nSPS) is 10.6. The average molecular weight is 345 g/mol. The van der Waals surface area contributed by atoms with Gasteiger partial charge in [-0.25, -0.2) is 4.98 Å². The number of ether oxygens (including phenoxy) is 1. The summed E-state index contributed by atoms with van der Waals surface area (Å²) in [6, 6.07) is 13.6. The summed E-state index contributed by atoms with van der Waals surface area (Å²) in [6.45, 7) is 1.95. The first-order chi connectivity index (χ1) is 11.5. The monoisotopic (exact) mass is 344 g/mol. The molecule has 1 aromatic heterocycles. The predicted molar refractivity (Wildman–Crippen MR) is 89.1 cm³/mol. The standard InChI is InChI=1S/C17H13ClN2O4/c1-11-15(19-17(24-11)12-5-3-2-4-6-12)10-23-16-8-7-13(20(21)22)9-14(16)18/h2-9H,10H2,1H3. The Hall–Kier alpha value is -2.86. The summed E-state index contributed by atoms with van der Waals surface area (Å²) in [6.07, 6.45) is 0. The number of oxazole rings is 1. The molecule has 0 fully saturated rings. The summed E-state index contributed by atoms with van der Waals surface area (Å²) in [4.78, 5) is 14.6. The largest absolute Gasteiger partial charge is 0.486 e. The summed E-state index contributed by atoms with van der Waals surface area (Å²) in [5.74, 6) is 1.51. The van der Waals surface area contributed by atoms with Gasteiger partial charge in [0.05, 0.1) is 9.95 Å². The van der Waals surface area contributed by atoms with Gasteiger partial charge in [0.1, 0.15) is 23.8 Å². The van der Waals surface area contributed by atoms with E-state index >= 15 is 0 Å². The first kappa shape index (κ1) is 16.0. The average Bonchev–Trinajstić information content (AvgIpc) is 2.95. The number of rotatable bonds is 5. The van der Waals surface area contributed by atoms with Crippen molar-refractivity contribution in [1.29, 1.82) is 0 Å². The molecule has 2 aromatic carbocycles. The molecule has 0 atom stereocenters. The lowest BCUT2D eigenvalue weighted by Gasteiger charge is -2.06. The minimum Gasteiger partial charge on any atom is -0.486 e. The highest BCUT2D eigenvalue weighted by molar-refractivity contribution is 6.32. The molecule has 0 aliphatic carbocycles. The Balaban J connectivity index is 1.76. The molecule has 0 saturated carbocycles. The van der Waals surface area contributed by atoms with E-state index in [1.165, 1.54) is 18.2 Å². The summed E-state index contributed by atoms with van der Waals surface area (Å²) >= 11 is 6.01. The van der Waals surface area contributed by atoms with Gasteiger partial charge < -0.3 is 9.15 Å². The minimum atomic E-state index is -0.510. The fourth-order valence-electron chi connectivity index (χ4n) is 2.13. The Morgan fingerprint density at radius 1 is 1.25 bits per heavy atom. The van der Waals surface area contributed by atoms with Crippen molar-refractivity contribution < 1.29 is 14.1 Å². The zero-order valence-corrected chi connectivity index (χ0v) is 13.5. The Morgan fingerprint density at radius 3 is 2.67 bits per heavy atom. The zero-order valence-electron chi connectivity index (χ0n) is 12.7. The van der Waals surface area contributed by atoms with Crippen molar-refractivity contribution in [2.75, 3.05) is 0 Å². The van der Waals surface area contributed by atoms with Crippen molar-refractivity contribution in [3.8, 4) is 17.2 Å². The highest BCUT2D eigenvalue weighted by Gasteiger charge is 2.14. The van der Waals surface area contributed by atoms with E-state index in [4.69, 9.17) is 20.8 Å². The second-order valence-corrected chi connectivity index (χ2v) is 5.46. The molecule has 0 unspecified atom stereocenters. The molecule has 0 radical (unpaired) electrons. The number of hydrogen-bond donors (Lipinski definition) is 0. The smallest absolute Gasteiger partial charge is 0.271 e. The number of non-ortho nitro benzene ring substituents is 1. The van der Waals surface area contributed by atoms with Gasteiger partial charge in [-0.1, -0.05) is 29.8 Å². The van der Waals surface area contributed by atoms with Gasteiger partial charge in [0.15, 0.2) is 0 Å². The van der Waals surface area contributed by atoms with Crippen molar-refractivity contribution in [2.24, 2.45) is 0 Å². The number of halogens is 1. The molecule has 0 aliphatic rings. The Labute approximate surface area is 142 Å². The number of nitrogens with zero attached hydrogens (tertiary/aromatic N) is 2. The van der Waals surface area contributed by atoms with Gasteiger partial charge in [0, 0.05) is 17.7 Å². The molecular weight excluding hydrogens is 332 g/mol. The number of hydrogen-bond acceptors (Lipinski definition) is 5. The predicted octanol–water partition coefficient (Wildman–Crippen LogP) is 4.79. The summed E-state index contributed by atoms with van der Waals surface area (Å²) in [5, 5.41) is 10.9. The maximum Gasteiger partial charge on any atom is 0.271 e. The van der Waals surface area contributed by atoms with Crippen LogP contribution in [0.3, 0.4) is 0 Å². The van der Waals surface area contributed by atoms with E-state index in [0.29, 0.717) is 23.1 Å². The molecule has 0 bridgehead atoms. The SMILES string of the molecule is Cc1oc(-c2ccccc2)nc1COc1ccc([N+](=O)[O-])cc1Cl. The number of nitro benzene ring substituents is 1. The van der Waals surface area contributed by atoms with E-state index in [2.05, 4.69) is 4.98 Å². The van der Waals surface area contributed by atoms with Crippen LogP contribution in [0.4, 0.5) is 5.69 Å². The van der Waals surface area contributed by atoms with Crippen LogP contribution in [0.1, 0.15) is 11.5 Å². The summed E-state index contributed by atoms with van der Waals surface area (Å²) < 4.78 is 11.3. The van der Waals surface area contributed by atoms with Crippen LogP contribution in [-0.2, 0) is 6.61 Å². The van der Waals surface area contributed by atoms with Crippen LogP contribution in [0.5, 0.6) is 5.75 Å². The molecule has 0 N–H and O–H groups in total. The fourth-order valence-corrected chi connectivity index (χ4v) is 2.36. The molecular formula is C17H13ClN2O4. The van der Waals surface area contributed by atoms with E-state index in [9.17, 15) is 10.1 Å². The van der Waals surface area contributed by atoms with Gasteiger partial charge in [-0.3, -0.25) is 10.1 Å². The van der Waals surface area contributed by atoms with Gasteiger partial charge >= 0.3 is 0 Å². The van der Waals surface area contributed by atoms with Crippen LogP contribution in [0, 0.1) is 17.0 Å². The quantitative estimate of drug-likeness (QED) is 0.491. The molecule has 0 amide bonds. The van der Waals surface area contributed by atoms with E-state index in [1.54, 1.807) is 6.92 Å². The second-order valence-electron chi connectivity index (χ2n) is 5.05. The lowest BCUT2D eigenvalue weighted by molar-refractivity contribution is -0.384. The Kier molecular flexibility index (Phi) is 4.48. The number of nitro groups is 1. The molecule has 122 valence electrons. The third kappa shape index (κ3) is 3.38. The fraction of sp³-hybridized carbons (Fsp3) is 0.118. The van der Waals surface area contributed by atoms with Crippen molar-refractivity contribution in [3.05, 3.63) is 75.1 Å². The Bertz CT molecular complexity index is 878. The van der Waals surface area contributed by atoms with Crippen LogP contribution < -0.4 is 4.74 Å². The first-order valence-electron chi connectivity index (χ1n) is 7.13. The Morgan fingerprint density at radius 2 is 2.00 bits per heavy atom. The van der Waals surface area contributed by atoms with Crippen molar-refractivity contribution in [3.63, 3.8) is 0 Å². The molecule has 1 heterocycles. The minimum absolute atomic E-state index is 0.0867. The lowest BCUT2D eigenvalue weighted by atomic mass is 10.2. The second kappa shape index (κ2) is 6.72. The van der Waals surface area contributed by atoms with E-state index in [-0.39, 0.29) is 17.3 Å². The van der Waals surface area contributed by atoms with Crippen molar-refractivity contribution in [2.45, 2.75) is 13.5 Å². The van der Waals surface area contributed by atoms with Gasteiger partial charge in [-0.05, 0) is 25.1 Å². The summed E-state index contributed by atoms with van der Waals surface area (Å²) in [7, 11) is 0. The van der Waals surface area contributed by atoms with E-state index in [1.807, 2.05) is 30.3 Å². The van der Waals surface area contributed by atoms with Gasteiger partial charge in [-0.15, -0.1) is 0 Å².